The van der Waals surface area contributed by atoms with Gasteiger partial charge in [0.15, 0.2) is 0 Å². The molecule has 0 spiro atoms. The van der Waals surface area contributed by atoms with Crippen molar-refractivity contribution in [3.63, 3.8) is 0 Å². The number of furan rings is 1. The van der Waals surface area contributed by atoms with Crippen molar-refractivity contribution < 1.29 is 14.0 Å². The van der Waals surface area contributed by atoms with Crippen LogP contribution in [0, 0.1) is 6.92 Å². The molecule has 3 aromatic rings. The summed E-state index contributed by atoms with van der Waals surface area (Å²) in [4.78, 5) is 28.5. The normalized spacial score (nSPS) is 11.6. The summed E-state index contributed by atoms with van der Waals surface area (Å²) >= 11 is 0. The molecule has 0 radical (unpaired) electrons. The van der Waals surface area contributed by atoms with E-state index in [1.54, 1.807) is 25.4 Å². The molecule has 0 bridgehead atoms. The summed E-state index contributed by atoms with van der Waals surface area (Å²) in [6, 6.07) is 10.5. The highest BCUT2D eigenvalue weighted by Gasteiger charge is 2.18. The number of benzene rings is 1. The third-order valence-electron chi connectivity index (χ3n) is 4.03. The first-order valence-corrected chi connectivity index (χ1v) is 8.19. The van der Waals surface area contributed by atoms with Gasteiger partial charge >= 0.3 is 0 Å². The van der Waals surface area contributed by atoms with Crippen LogP contribution in [0.25, 0.3) is 11.1 Å². The molecule has 0 saturated carbocycles. The first-order chi connectivity index (χ1) is 12.5. The van der Waals surface area contributed by atoms with Crippen LogP contribution in [0.5, 0.6) is 0 Å². The SMILES string of the molecule is Cc1ccc(-c2ccncc2)cc1NC(=O)[C@H](C)NC(=O)c1ccoc1. The second kappa shape index (κ2) is 7.65. The van der Waals surface area contributed by atoms with Gasteiger partial charge in [-0.25, -0.2) is 0 Å². The van der Waals surface area contributed by atoms with Crippen molar-refractivity contribution in [1.82, 2.24) is 10.3 Å². The van der Waals surface area contributed by atoms with Crippen LogP contribution >= 0.6 is 0 Å². The van der Waals surface area contributed by atoms with E-state index in [4.69, 9.17) is 4.42 Å². The van der Waals surface area contributed by atoms with E-state index in [1.165, 1.54) is 12.5 Å². The van der Waals surface area contributed by atoms with E-state index in [1.807, 2.05) is 37.3 Å². The predicted octanol–water partition coefficient (Wildman–Crippen LogP) is 3.41. The number of aryl methyl sites for hydroxylation is 1. The molecule has 2 N–H and O–H groups in total. The lowest BCUT2D eigenvalue weighted by molar-refractivity contribution is -0.117. The van der Waals surface area contributed by atoms with E-state index in [2.05, 4.69) is 15.6 Å². The molecule has 6 nitrogen and oxygen atoms in total. The highest BCUT2D eigenvalue weighted by molar-refractivity contribution is 6.01. The van der Waals surface area contributed by atoms with Gasteiger partial charge in [-0.2, -0.15) is 0 Å². The maximum absolute atomic E-state index is 12.5. The summed E-state index contributed by atoms with van der Waals surface area (Å²) in [5, 5.41) is 5.53. The molecule has 26 heavy (non-hydrogen) atoms. The fourth-order valence-corrected chi connectivity index (χ4v) is 2.46. The predicted molar refractivity (Wildman–Crippen MR) is 98.7 cm³/mol. The summed E-state index contributed by atoms with van der Waals surface area (Å²) in [6.45, 7) is 3.55. The zero-order chi connectivity index (χ0) is 18.5. The maximum atomic E-state index is 12.5. The number of pyridine rings is 1. The van der Waals surface area contributed by atoms with E-state index >= 15 is 0 Å². The van der Waals surface area contributed by atoms with Gasteiger partial charge in [-0.15, -0.1) is 0 Å². The first-order valence-electron chi connectivity index (χ1n) is 8.19. The molecule has 3 rings (SSSR count). The van der Waals surface area contributed by atoms with E-state index in [0.717, 1.165) is 16.7 Å². The van der Waals surface area contributed by atoms with Crippen molar-refractivity contribution in [2.75, 3.05) is 5.32 Å². The summed E-state index contributed by atoms with van der Waals surface area (Å²) in [6.07, 6.45) is 6.19. The van der Waals surface area contributed by atoms with Gasteiger partial charge < -0.3 is 15.1 Å². The molecule has 2 amide bonds. The molecule has 6 heteroatoms. The van der Waals surface area contributed by atoms with Crippen LogP contribution in [0.2, 0.25) is 0 Å². The zero-order valence-electron chi connectivity index (χ0n) is 14.5. The number of nitrogens with zero attached hydrogens (tertiary/aromatic N) is 1. The number of hydrogen-bond donors (Lipinski definition) is 2. The molecule has 1 atom stereocenters. The lowest BCUT2D eigenvalue weighted by Crippen LogP contribution is -2.41. The minimum absolute atomic E-state index is 0.295. The summed E-state index contributed by atoms with van der Waals surface area (Å²) < 4.78 is 4.88. The fourth-order valence-electron chi connectivity index (χ4n) is 2.46. The molecular weight excluding hydrogens is 330 g/mol. The van der Waals surface area contributed by atoms with Crippen molar-refractivity contribution in [2.24, 2.45) is 0 Å². The van der Waals surface area contributed by atoms with Gasteiger partial charge in [0, 0.05) is 18.1 Å². The van der Waals surface area contributed by atoms with Crippen LogP contribution in [0.4, 0.5) is 5.69 Å². The molecule has 2 aromatic heterocycles. The van der Waals surface area contributed by atoms with Crippen LogP contribution in [0.15, 0.2) is 65.7 Å². The minimum atomic E-state index is -0.693. The van der Waals surface area contributed by atoms with Crippen molar-refractivity contribution in [3.05, 3.63) is 72.4 Å². The highest BCUT2D eigenvalue weighted by atomic mass is 16.3. The maximum Gasteiger partial charge on any atom is 0.255 e. The van der Waals surface area contributed by atoms with Crippen molar-refractivity contribution in [2.45, 2.75) is 19.9 Å². The van der Waals surface area contributed by atoms with Gasteiger partial charge in [0.25, 0.3) is 5.91 Å². The Balaban J connectivity index is 1.71. The number of carbonyl (C=O) groups is 2. The molecule has 0 fully saturated rings. The molecule has 0 aliphatic rings. The third-order valence-corrected chi connectivity index (χ3v) is 4.03. The van der Waals surface area contributed by atoms with Gasteiger partial charge in [-0.1, -0.05) is 12.1 Å². The highest BCUT2D eigenvalue weighted by Crippen LogP contribution is 2.25. The number of anilines is 1. The van der Waals surface area contributed by atoms with Crippen molar-refractivity contribution >= 4 is 17.5 Å². The molecule has 0 unspecified atom stereocenters. The van der Waals surface area contributed by atoms with Crippen LogP contribution < -0.4 is 10.6 Å². The largest absolute Gasteiger partial charge is 0.472 e. The summed E-state index contributed by atoms with van der Waals surface area (Å²) in [5.41, 5.74) is 4.00. The fraction of sp³-hybridized carbons (Fsp3) is 0.150. The quantitative estimate of drug-likeness (QED) is 0.739. The summed E-state index contributed by atoms with van der Waals surface area (Å²) in [5.74, 6) is -0.652. The van der Waals surface area contributed by atoms with E-state index < -0.39 is 6.04 Å². The van der Waals surface area contributed by atoms with E-state index in [0.29, 0.717) is 11.3 Å². The number of hydrogen-bond acceptors (Lipinski definition) is 4. The molecule has 0 aliphatic heterocycles. The van der Waals surface area contributed by atoms with Crippen LogP contribution in [-0.4, -0.2) is 22.8 Å². The second-order valence-corrected chi connectivity index (χ2v) is 5.96. The Kier molecular flexibility index (Phi) is 5.12. The number of nitrogens with one attached hydrogen (secondary N) is 2. The van der Waals surface area contributed by atoms with Gasteiger partial charge in [0.2, 0.25) is 5.91 Å². The van der Waals surface area contributed by atoms with Crippen LogP contribution in [0.3, 0.4) is 0 Å². The monoisotopic (exact) mass is 349 g/mol. The molecule has 132 valence electrons. The van der Waals surface area contributed by atoms with Gasteiger partial charge in [0.1, 0.15) is 12.3 Å². The first kappa shape index (κ1) is 17.4. The lowest BCUT2D eigenvalue weighted by Gasteiger charge is -2.16. The van der Waals surface area contributed by atoms with Gasteiger partial charge in [-0.3, -0.25) is 14.6 Å². The minimum Gasteiger partial charge on any atom is -0.472 e. The number of aromatic nitrogens is 1. The Hall–Kier alpha value is -3.41. The van der Waals surface area contributed by atoms with E-state index in [-0.39, 0.29) is 11.8 Å². The number of carbonyl (C=O) groups excluding carboxylic acids is 2. The number of rotatable bonds is 5. The Morgan fingerprint density at radius 1 is 1.08 bits per heavy atom. The zero-order valence-corrected chi connectivity index (χ0v) is 14.5. The Labute approximate surface area is 151 Å². The molecule has 0 saturated heterocycles. The second-order valence-electron chi connectivity index (χ2n) is 5.96. The summed E-state index contributed by atoms with van der Waals surface area (Å²) in [7, 11) is 0. The molecule has 2 heterocycles. The Bertz CT molecular complexity index is 905. The Morgan fingerprint density at radius 3 is 2.54 bits per heavy atom. The average molecular weight is 349 g/mol. The van der Waals surface area contributed by atoms with Crippen LogP contribution in [-0.2, 0) is 4.79 Å². The number of amides is 2. The third kappa shape index (κ3) is 3.97. The standard InChI is InChI=1S/C20H19N3O3/c1-13-3-4-16(15-5-8-21-9-6-15)11-18(13)23-19(24)14(2)22-20(25)17-7-10-26-12-17/h3-12,14H,1-2H3,(H,22,25)(H,23,24)/t14-/m0/s1. The van der Waals surface area contributed by atoms with E-state index in [9.17, 15) is 9.59 Å². The van der Waals surface area contributed by atoms with Crippen molar-refractivity contribution in [3.8, 4) is 11.1 Å². The topological polar surface area (TPSA) is 84.2 Å². The molecule has 0 aliphatic carbocycles. The average Bonchev–Trinajstić information content (AvgIpc) is 3.19. The molecule has 1 aromatic carbocycles. The van der Waals surface area contributed by atoms with Gasteiger partial charge in [0.05, 0.1) is 11.8 Å². The molecular formula is C20H19N3O3. The Morgan fingerprint density at radius 2 is 1.85 bits per heavy atom. The lowest BCUT2D eigenvalue weighted by atomic mass is 10.0. The van der Waals surface area contributed by atoms with Crippen molar-refractivity contribution in [1.29, 1.82) is 0 Å². The van der Waals surface area contributed by atoms with Crippen LogP contribution in [0.1, 0.15) is 22.8 Å². The van der Waals surface area contributed by atoms with Gasteiger partial charge in [-0.05, 0) is 54.8 Å². The smallest absolute Gasteiger partial charge is 0.255 e.